The molecule has 1 heterocycles. The average molecular weight is 331 g/mol. The summed E-state index contributed by atoms with van der Waals surface area (Å²) in [6.45, 7) is 2.01. The quantitative estimate of drug-likeness (QED) is 0.826. The number of hydrogen-bond acceptors (Lipinski definition) is 4. The number of thiophene rings is 1. The first-order valence-corrected chi connectivity index (χ1v) is 8.18. The van der Waals surface area contributed by atoms with E-state index in [0.29, 0.717) is 11.3 Å². The van der Waals surface area contributed by atoms with Gasteiger partial charge in [-0.15, -0.1) is 11.3 Å². The molecule has 23 heavy (non-hydrogen) atoms. The Balaban J connectivity index is 2.02. The Labute approximate surface area is 140 Å². The lowest BCUT2D eigenvalue weighted by molar-refractivity contribution is -0.127. The van der Waals surface area contributed by atoms with Crippen LogP contribution >= 0.6 is 11.3 Å². The Hall–Kier alpha value is -2.11. The molecular weight excluding hydrogens is 310 g/mol. The normalized spacial score (nSPS) is 12.8. The first-order chi connectivity index (χ1) is 11.0. The molecule has 1 amide bonds. The molecule has 0 spiro atoms. The topological polar surface area (TPSA) is 49.8 Å². The highest BCUT2D eigenvalue weighted by Gasteiger charge is 2.17. The maximum absolute atomic E-state index is 12.4. The van der Waals surface area contributed by atoms with Crippen molar-refractivity contribution in [2.75, 3.05) is 20.7 Å². The van der Waals surface area contributed by atoms with Crippen LogP contribution in [-0.4, -0.2) is 36.6 Å². The molecule has 0 fully saturated rings. The van der Waals surface area contributed by atoms with Crippen LogP contribution in [0.1, 0.15) is 23.5 Å². The zero-order valence-corrected chi connectivity index (χ0v) is 14.3. The minimum absolute atomic E-state index is 0.0969. The number of nitrogens with zero attached hydrogens (tertiary/aromatic N) is 1. The standard InChI is InChI=1S/C18H21NO3S/c1-13(10-16-8-5-9-23-16)18(21)19(2)12-17(20)14-6-4-7-15(11-14)22-3/h4-11,17,20H,12H2,1-3H3/b13-10+. The number of methoxy groups -OCH3 is 1. The van der Waals surface area contributed by atoms with Crippen LogP contribution in [0.3, 0.4) is 0 Å². The fourth-order valence-electron chi connectivity index (χ4n) is 2.25. The fraction of sp³-hybridized carbons (Fsp3) is 0.278. The summed E-state index contributed by atoms with van der Waals surface area (Å²) in [5.74, 6) is 0.588. The number of carbonyl (C=O) groups excluding carboxylic acids is 1. The van der Waals surface area contributed by atoms with Gasteiger partial charge in [0.05, 0.1) is 19.8 Å². The third kappa shape index (κ3) is 4.68. The van der Waals surface area contributed by atoms with Crippen molar-refractivity contribution in [1.29, 1.82) is 0 Å². The summed E-state index contributed by atoms with van der Waals surface area (Å²) in [6.07, 6.45) is 1.11. The van der Waals surface area contributed by atoms with Gasteiger partial charge in [0, 0.05) is 17.5 Å². The van der Waals surface area contributed by atoms with Gasteiger partial charge in [0.15, 0.2) is 0 Å². The molecule has 2 rings (SSSR count). The summed E-state index contributed by atoms with van der Waals surface area (Å²) in [6, 6.07) is 11.1. The molecule has 0 aliphatic heterocycles. The van der Waals surface area contributed by atoms with Gasteiger partial charge in [0.2, 0.25) is 5.91 Å². The Morgan fingerprint density at radius 3 is 2.83 bits per heavy atom. The van der Waals surface area contributed by atoms with E-state index in [2.05, 4.69) is 0 Å². The third-order valence-electron chi connectivity index (χ3n) is 3.51. The van der Waals surface area contributed by atoms with Crippen LogP contribution in [-0.2, 0) is 4.79 Å². The smallest absolute Gasteiger partial charge is 0.249 e. The maximum atomic E-state index is 12.4. The van der Waals surface area contributed by atoms with E-state index in [9.17, 15) is 9.90 Å². The molecule has 5 heteroatoms. The van der Waals surface area contributed by atoms with Gasteiger partial charge in [-0.05, 0) is 42.1 Å². The molecule has 0 aliphatic carbocycles. The van der Waals surface area contributed by atoms with Gasteiger partial charge < -0.3 is 14.7 Å². The summed E-state index contributed by atoms with van der Waals surface area (Å²) < 4.78 is 5.15. The van der Waals surface area contributed by atoms with E-state index >= 15 is 0 Å². The molecule has 0 radical (unpaired) electrons. The van der Waals surface area contributed by atoms with Crippen molar-refractivity contribution in [3.63, 3.8) is 0 Å². The first-order valence-electron chi connectivity index (χ1n) is 7.30. The predicted octanol–water partition coefficient (Wildman–Crippen LogP) is 3.35. The van der Waals surface area contributed by atoms with Crippen molar-refractivity contribution < 1.29 is 14.6 Å². The van der Waals surface area contributed by atoms with E-state index in [0.717, 1.165) is 10.4 Å². The number of rotatable bonds is 6. The molecule has 0 saturated carbocycles. The van der Waals surface area contributed by atoms with Gasteiger partial charge in [0.1, 0.15) is 5.75 Å². The number of amides is 1. The molecule has 1 unspecified atom stereocenters. The van der Waals surface area contributed by atoms with Crippen LogP contribution in [0.25, 0.3) is 6.08 Å². The van der Waals surface area contributed by atoms with Gasteiger partial charge in [-0.3, -0.25) is 4.79 Å². The van der Waals surface area contributed by atoms with Crippen molar-refractivity contribution in [3.8, 4) is 5.75 Å². The molecule has 4 nitrogen and oxygen atoms in total. The highest BCUT2D eigenvalue weighted by atomic mass is 32.1. The van der Waals surface area contributed by atoms with Crippen molar-refractivity contribution >= 4 is 23.3 Å². The Morgan fingerprint density at radius 2 is 2.17 bits per heavy atom. The molecule has 0 bridgehead atoms. The second-order valence-corrected chi connectivity index (χ2v) is 6.30. The summed E-state index contributed by atoms with van der Waals surface area (Å²) in [7, 11) is 3.28. The van der Waals surface area contributed by atoms with Gasteiger partial charge in [0.25, 0.3) is 0 Å². The summed E-state index contributed by atoms with van der Waals surface area (Å²) >= 11 is 1.58. The SMILES string of the molecule is COc1cccc(C(O)CN(C)C(=O)/C(C)=C/c2cccs2)c1. The number of ether oxygens (including phenoxy) is 1. The molecule has 1 N–H and O–H groups in total. The lowest BCUT2D eigenvalue weighted by Gasteiger charge is -2.21. The molecule has 1 aromatic carbocycles. The highest BCUT2D eigenvalue weighted by molar-refractivity contribution is 7.10. The van der Waals surface area contributed by atoms with E-state index in [-0.39, 0.29) is 12.5 Å². The summed E-state index contributed by atoms with van der Waals surface area (Å²) in [4.78, 5) is 15.0. The van der Waals surface area contributed by atoms with E-state index < -0.39 is 6.10 Å². The van der Waals surface area contributed by atoms with Crippen LogP contribution < -0.4 is 4.74 Å². The van der Waals surface area contributed by atoms with Crippen LogP contribution in [0, 0.1) is 0 Å². The second-order valence-electron chi connectivity index (χ2n) is 5.32. The number of likely N-dealkylation sites (N-methyl/N-ethyl adjacent to an activating group) is 1. The summed E-state index contributed by atoms with van der Waals surface area (Å²) in [5, 5.41) is 12.3. The largest absolute Gasteiger partial charge is 0.497 e. The molecule has 2 aromatic rings. The second kappa shape index (κ2) is 7.94. The Morgan fingerprint density at radius 1 is 1.39 bits per heavy atom. The zero-order valence-electron chi connectivity index (χ0n) is 13.5. The Kier molecular flexibility index (Phi) is 5.96. The van der Waals surface area contributed by atoms with Crippen LogP contribution in [0.4, 0.5) is 0 Å². The van der Waals surface area contributed by atoms with Crippen molar-refractivity contribution in [2.45, 2.75) is 13.0 Å². The lowest BCUT2D eigenvalue weighted by Crippen LogP contribution is -2.31. The van der Waals surface area contributed by atoms with Crippen LogP contribution in [0.5, 0.6) is 5.75 Å². The van der Waals surface area contributed by atoms with Crippen LogP contribution in [0.2, 0.25) is 0 Å². The lowest BCUT2D eigenvalue weighted by atomic mass is 10.1. The van der Waals surface area contributed by atoms with E-state index in [1.807, 2.05) is 41.8 Å². The molecule has 0 saturated heterocycles. The monoisotopic (exact) mass is 331 g/mol. The number of aliphatic hydroxyl groups is 1. The van der Waals surface area contributed by atoms with E-state index in [1.165, 1.54) is 4.90 Å². The number of benzene rings is 1. The minimum atomic E-state index is -0.756. The van der Waals surface area contributed by atoms with E-state index in [4.69, 9.17) is 4.74 Å². The number of carbonyl (C=O) groups is 1. The van der Waals surface area contributed by atoms with Gasteiger partial charge in [-0.1, -0.05) is 18.2 Å². The van der Waals surface area contributed by atoms with Gasteiger partial charge in [-0.2, -0.15) is 0 Å². The van der Waals surface area contributed by atoms with E-state index in [1.54, 1.807) is 38.5 Å². The highest BCUT2D eigenvalue weighted by Crippen LogP contribution is 2.20. The van der Waals surface area contributed by atoms with Crippen molar-refractivity contribution in [3.05, 3.63) is 57.8 Å². The fourth-order valence-corrected chi connectivity index (χ4v) is 2.96. The molecule has 1 atom stereocenters. The number of hydrogen-bond donors (Lipinski definition) is 1. The molecule has 0 aliphatic rings. The molecule has 1 aromatic heterocycles. The average Bonchev–Trinajstić information content (AvgIpc) is 3.06. The molecule has 122 valence electrons. The Bertz CT molecular complexity index is 679. The number of aliphatic hydroxyl groups excluding tert-OH is 1. The van der Waals surface area contributed by atoms with Gasteiger partial charge >= 0.3 is 0 Å². The van der Waals surface area contributed by atoms with Crippen LogP contribution in [0.15, 0.2) is 47.4 Å². The maximum Gasteiger partial charge on any atom is 0.249 e. The molecular formula is C18H21NO3S. The zero-order chi connectivity index (χ0) is 16.8. The predicted molar refractivity (Wildman–Crippen MR) is 93.6 cm³/mol. The van der Waals surface area contributed by atoms with Crippen molar-refractivity contribution in [2.24, 2.45) is 0 Å². The minimum Gasteiger partial charge on any atom is -0.497 e. The first kappa shape index (κ1) is 17.2. The van der Waals surface area contributed by atoms with Gasteiger partial charge in [-0.25, -0.2) is 0 Å². The third-order valence-corrected chi connectivity index (χ3v) is 4.33. The van der Waals surface area contributed by atoms with Crippen molar-refractivity contribution in [1.82, 2.24) is 4.90 Å². The summed E-state index contributed by atoms with van der Waals surface area (Å²) in [5.41, 5.74) is 1.37.